The van der Waals surface area contributed by atoms with E-state index in [1.54, 1.807) is 0 Å². The molecule has 60 valence electrons. The van der Waals surface area contributed by atoms with E-state index in [9.17, 15) is 0 Å². The summed E-state index contributed by atoms with van der Waals surface area (Å²) in [7, 11) is 0. The van der Waals surface area contributed by atoms with E-state index < -0.39 is 0 Å². The second kappa shape index (κ2) is 3.97. The van der Waals surface area contributed by atoms with Gasteiger partial charge in [0.1, 0.15) is 0 Å². The van der Waals surface area contributed by atoms with E-state index in [1.807, 2.05) is 0 Å². The second-order valence-corrected chi connectivity index (χ2v) is 3.44. The Labute approximate surface area is 64.2 Å². The van der Waals surface area contributed by atoms with Gasteiger partial charge in [0.25, 0.3) is 0 Å². The highest BCUT2D eigenvalue weighted by Crippen LogP contribution is 2.16. The maximum absolute atomic E-state index is 3.57. The molecular weight excluding hydrogens is 122 g/mol. The second-order valence-electron chi connectivity index (χ2n) is 3.44. The minimum atomic E-state index is 0.818. The van der Waals surface area contributed by atoms with Crippen molar-refractivity contribution in [3.05, 3.63) is 0 Å². The number of hydrogen-bond acceptors (Lipinski definition) is 1. The Hall–Kier alpha value is -0.0400. The Morgan fingerprint density at radius 1 is 1.50 bits per heavy atom. The molecule has 0 bridgehead atoms. The highest BCUT2D eigenvalue weighted by atomic mass is 14.9. The fraction of sp³-hybridized carbons (Fsp3) is 1.00. The van der Waals surface area contributed by atoms with Gasteiger partial charge in [-0.1, -0.05) is 26.7 Å². The van der Waals surface area contributed by atoms with E-state index in [1.165, 1.54) is 32.2 Å². The first-order valence-corrected chi connectivity index (χ1v) is 4.58. The Balaban J connectivity index is 2.24. The van der Waals surface area contributed by atoms with Crippen LogP contribution in [0.15, 0.2) is 0 Å². The lowest BCUT2D eigenvalue weighted by Crippen LogP contribution is -2.38. The summed E-state index contributed by atoms with van der Waals surface area (Å²) >= 11 is 0. The first-order chi connectivity index (χ1) is 4.84. The Bertz CT molecular complexity index is 84.7. The van der Waals surface area contributed by atoms with Crippen LogP contribution >= 0.6 is 0 Å². The Morgan fingerprint density at radius 3 is 2.80 bits per heavy atom. The molecule has 2 atom stereocenters. The quantitative estimate of drug-likeness (QED) is 0.621. The average Bonchev–Trinajstić information content (AvgIpc) is 2.05. The van der Waals surface area contributed by atoms with Crippen molar-refractivity contribution >= 4 is 0 Å². The van der Waals surface area contributed by atoms with E-state index in [2.05, 4.69) is 19.2 Å². The molecule has 1 nitrogen and oxygen atoms in total. The van der Waals surface area contributed by atoms with Crippen LogP contribution < -0.4 is 5.32 Å². The van der Waals surface area contributed by atoms with Gasteiger partial charge in [-0.2, -0.15) is 0 Å². The number of piperidine rings is 1. The molecule has 0 unspecified atom stereocenters. The lowest BCUT2D eigenvalue weighted by molar-refractivity contribution is 0.304. The third-order valence-corrected chi connectivity index (χ3v) is 2.68. The summed E-state index contributed by atoms with van der Waals surface area (Å²) in [5, 5.41) is 3.57. The van der Waals surface area contributed by atoms with Gasteiger partial charge in [0, 0.05) is 6.04 Å². The van der Waals surface area contributed by atoms with Crippen LogP contribution in [0.1, 0.15) is 39.5 Å². The molecule has 1 heterocycles. The minimum Gasteiger partial charge on any atom is -0.314 e. The molecule has 0 aromatic carbocycles. The van der Waals surface area contributed by atoms with E-state index in [0.29, 0.717) is 0 Å². The van der Waals surface area contributed by atoms with E-state index in [0.717, 1.165) is 12.0 Å². The molecule has 0 aliphatic carbocycles. The standard InChI is InChI=1S/C9H19N/c1-3-8(2)9-6-4-5-7-10-9/h8-10H,3-7H2,1-2H3/t8-,9-/m0/s1. The molecule has 1 heteroatoms. The van der Waals surface area contributed by atoms with Crippen LogP contribution in [0.4, 0.5) is 0 Å². The van der Waals surface area contributed by atoms with Crippen molar-refractivity contribution in [1.82, 2.24) is 5.32 Å². The predicted molar refractivity (Wildman–Crippen MR) is 45.1 cm³/mol. The van der Waals surface area contributed by atoms with Crippen molar-refractivity contribution in [3.8, 4) is 0 Å². The van der Waals surface area contributed by atoms with E-state index >= 15 is 0 Å². The van der Waals surface area contributed by atoms with Crippen LogP contribution in [0.5, 0.6) is 0 Å². The maximum atomic E-state index is 3.57. The lowest BCUT2D eigenvalue weighted by atomic mass is 9.92. The zero-order valence-electron chi connectivity index (χ0n) is 7.19. The van der Waals surface area contributed by atoms with Crippen molar-refractivity contribution in [2.45, 2.75) is 45.6 Å². The van der Waals surface area contributed by atoms with Gasteiger partial charge in [0.05, 0.1) is 0 Å². The summed E-state index contributed by atoms with van der Waals surface area (Å²) in [5.74, 6) is 0.875. The SMILES string of the molecule is CC[C@H](C)[C@@H]1CCCCN1. The summed E-state index contributed by atoms with van der Waals surface area (Å²) in [6, 6.07) is 0.818. The molecule has 0 aromatic heterocycles. The van der Waals surface area contributed by atoms with Crippen molar-refractivity contribution in [1.29, 1.82) is 0 Å². The molecule has 1 saturated heterocycles. The molecule has 0 spiro atoms. The first-order valence-electron chi connectivity index (χ1n) is 4.58. The summed E-state index contributed by atoms with van der Waals surface area (Å²) in [4.78, 5) is 0. The molecule has 0 radical (unpaired) electrons. The van der Waals surface area contributed by atoms with E-state index in [4.69, 9.17) is 0 Å². The monoisotopic (exact) mass is 141 g/mol. The van der Waals surface area contributed by atoms with Gasteiger partial charge in [0.2, 0.25) is 0 Å². The third-order valence-electron chi connectivity index (χ3n) is 2.68. The molecule has 10 heavy (non-hydrogen) atoms. The van der Waals surface area contributed by atoms with Crippen molar-refractivity contribution < 1.29 is 0 Å². The largest absolute Gasteiger partial charge is 0.314 e. The minimum absolute atomic E-state index is 0.818. The topological polar surface area (TPSA) is 12.0 Å². The number of hydrogen-bond donors (Lipinski definition) is 1. The highest BCUT2D eigenvalue weighted by Gasteiger charge is 2.16. The van der Waals surface area contributed by atoms with Gasteiger partial charge >= 0.3 is 0 Å². The van der Waals surface area contributed by atoms with Crippen LogP contribution in [0.3, 0.4) is 0 Å². The fourth-order valence-electron chi connectivity index (χ4n) is 1.65. The van der Waals surface area contributed by atoms with Gasteiger partial charge in [-0.15, -0.1) is 0 Å². The third kappa shape index (κ3) is 1.98. The molecule has 0 saturated carbocycles. The summed E-state index contributed by atoms with van der Waals surface area (Å²) in [5.41, 5.74) is 0. The zero-order valence-corrected chi connectivity index (χ0v) is 7.19. The fourth-order valence-corrected chi connectivity index (χ4v) is 1.65. The van der Waals surface area contributed by atoms with Gasteiger partial charge in [-0.3, -0.25) is 0 Å². The molecular formula is C9H19N. The summed E-state index contributed by atoms with van der Waals surface area (Å²) in [6.07, 6.45) is 5.53. The Kier molecular flexibility index (Phi) is 3.20. The molecule has 1 rings (SSSR count). The van der Waals surface area contributed by atoms with Crippen LogP contribution in [0.2, 0.25) is 0 Å². The average molecular weight is 141 g/mol. The van der Waals surface area contributed by atoms with Crippen LogP contribution in [0.25, 0.3) is 0 Å². The molecule has 1 N–H and O–H groups in total. The lowest BCUT2D eigenvalue weighted by Gasteiger charge is -2.28. The molecule has 1 aliphatic heterocycles. The van der Waals surface area contributed by atoms with Gasteiger partial charge in [-0.05, 0) is 25.3 Å². The summed E-state index contributed by atoms with van der Waals surface area (Å²) in [6.45, 7) is 5.87. The van der Waals surface area contributed by atoms with Gasteiger partial charge in [0.15, 0.2) is 0 Å². The van der Waals surface area contributed by atoms with Crippen LogP contribution in [-0.4, -0.2) is 12.6 Å². The molecule has 0 amide bonds. The van der Waals surface area contributed by atoms with Crippen LogP contribution in [-0.2, 0) is 0 Å². The van der Waals surface area contributed by atoms with E-state index in [-0.39, 0.29) is 0 Å². The first kappa shape index (κ1) is 8.06. The highest BCUT2D eigenvalue weighted by molar-refractivity contribution is 4.76. The Morgan fingerprint density at radius 2 is 2.30 bits per heavy atom. The maximum Gasteiger partial charge on any atom is 0.00925 e. The predicted octanol–water partition coefficient (Wildman–Crippen LogP) is 2.17. The van der Waals surface area contributed by atoms with Gasteiger partial charge in [-0.25, -0.2) is 0 Å². The van der Waals surface area contributed by atoms with Crippen LogP contribution in [0, 0.1) is 5.92 Å². The van der Waals surface area contributed by atoms with Gasteiger partial charge < -0.3 is 5.32 Å². The summed E-state index contributed by atoms with van der Waals surface area (Å²) < 4.78 is 0. The smallest absolute Gasteiger partial charge is 0.00925 e. The number of rotatable bonds is 2. The molecule has 1 aliphatic rings. The van der Waals surface area contributed by atoms with Crippen molar-refractivity contribution in [3.63, 3.8) is 0 Å². The zero-order chi connectivity index (χ0) is 7.40. The number of nitrogens with one attached hydrogen (secondary N) is 1. The normalized spacial score (nSPS) is 30.0. The van der Waals surface area contributed by atoms with Crippen molar-refractivity contribution in [2.75, 3.05) is 6.54 Å². The van der Waals surface area contributed by atoms with Crippen molar-refractivity contribution in [2.24, 2.45) is 5.92 Å². The molecule has 0 aromatic rings. The molecule has 1 fully saturated rings.